The molecule has 112 valence electrons. The maximum Gasteiger partial charge on any atom is 0.194 e. The number of hydrogen-bond donors (Lipinski definition) is 1. The van der Waals surface area contributed by atoms with Gasteiger partial charge in [0.2, 0.25) is 0 Å². The zero-order valence-electron chi connectivity index (χ0n) is 12.1. The molecule has 1 aromatic carbocycles. The number of aromatic nitrogens is 1. The van der Waals surface area contributed by atoms with Crippen molar-refractivity contribution in [2.75, 3.05) is 13.7 Å². The van der Waals surface area contributed by atoms with Crippen molar-refractivity contribution in [3.63, 3.8) is 0 Å². The first-order valence-corrected chi connectivity index (χ1v) is 7.29. The Labute approximate surface area is 123 Å². The van der Waals surface area contributed by atoms with Gasteiger partial charge in [0.05, 0.1) is 18.9 Å². The molecule has 0 atom stereocenters. The van der Waals surface area contributed by atoms with Gasteiger partial charge >= 0.3 is 0 Å². The first-order chi connectivity index (χ1) is 10.3. The third-order valence-electron chi connectivity index (χ3n) is 3.57. The van der Waals surface area contributed by atoms with Gasteiger partial charge < -0.3 is 14.5 Å². The predicted octanol–water partition coefficient (Wildman–Crippen LogP) is 3.17. The summed E-state index contributed by atoms with van der Waals surface area (Å²) in [7, 11) is 1.51. The first kappa shape index (κ1) is 14.1. The third-order valence-corrected chi connectivity index (χ3v) is 3.57. The molecule has 1 aromatic heterocycles. The van der Waals surface area contributed by atoms with E-state index in [1.54, 1.807) is 18.3 Å². The fourth-order valence-corrected chi connectivity index (χ4v) is 2.29. The molecule has 4 nitrogen and oxygen atoms in total. The highest BCUT2D eigenvalue weighted by molar-refractivity contribution is 5.65. The fraction of sp³-hybridized carbons (Fsp3) is 0.438. The molecule has 3 rings (SSSR count). The van der Waals surface area contributed by atoms with Crippen LogP contribution in [-0.2, 0) is 6.42 Å². The zero-order chi connectivity index (χ0) is 14.7. The molecule has 21 heavy (non-hydrogen) atoms. The molecular weight excluding hydrogens is 271 g/mol. The summed E-state index contributed by atoms with van der Waals surface area (Å²) in [6.07, 6.45) is 5.85. The van der Waals surface area contributed by atoms with Gasteiger partial charge in [-0.05, 0) is 37.9 Å². The lowest BCUT2D eigenvalue weighted by Gasteiger charge is -2.06. The monoisotopic (exact) mass is 290 g/mol. The Balaban J connectivity index is 1.66. The van der Waals surface area contributed by atoms with Crippen LogP contribution in [0.4, 0.5) is 4.39 Å². The topological polar surface area (TPSA) is 47.3 Å². The standard InChI is InChI=1S/C16H19FN2O2/c1-20-13-5-2-4-12(17)16(13)14-10-19-15(21-14)6-3-9-18-11-7-8-11/h2,4-5,10-11,18H,3,6-9H2,1H3. The summed E-state index contributed by atoms with van der Waals surface area (Å²) in [6.45, 7) is 0.964. The largest absolute Gasteiger partial charge is 0.496 e. The van der Waals surface area contributed by atoms with Crippen LogP contribution in [0.2, 0.25) is 0 Å². The molecule has 0 radical (unpaired) electrons. The van der Waals surface area contributed by atoms with E-state index >= 15 is 0 Å². The summed E-state index contributed by atoms with van der Waals surface area (Å²) in [6, 6.07) is 5.42. The molecule has 0 unspecified atom stereocenters. The Morgan fingerprint density at radius 3 is 3.05 bits per heavy atom. The van der Waals surface area contributed by atoms with Crippen LogP contribution in [0, 0.1) is 5.82 Å². The van der Waals surface area contributed by atoms with Crippen LogP contribution in [0.5, 0.6) is 5.75 Å². The summed E-state index contributed by atoms with van der Waals surface area (Å²) < 4.78 is 24.8. The van der Waals surface area contributed by atoms with E-state index in [0.717, 1.165) is 19.4 Å². The molecule has 1 N–H and O–H groups in total. The Hall–Kier alpha value is -1.88. The van der Waals surface area contributed by atoms with E-state index < -0.39 is 0 Å². The zero-order valence-corrected chi connectivity index (χ0v) is 12.1. The van der Waals surface area contributed by atoms with Gasteiger partial charge in [-0.3, -0.25) is 0 Å². The van der Waals surface area contributed by atoms with Crippen LogP contribution in [0.15, 0.2) is 28.8 Å². The number of hydrogen-bond acceptors (Lipinski definition) is 4. The molecule has 1 heterocycles. The number of nitrogens with one attached hydrogen (secondary N) is 1. The second-order valence-corrected chi connectivity index (χ2v) is 5.27. The van der Waals surface area contributed by atoms with Crippen LogP contribution in [0.1, 0.15) is 25.2 Å². The number of rotatable bonds is 7. The lowest BCUT2D eigenvalue weighted by atomic mass is 10.1. The lowest BCUT2D eigenvalue weighted by molar-refractivity contribution is 0.410. The number of benzene rings is 1. The summed E-state index contributed by atoms with van der Waals surface area (Å²) in [5.41, 5.74) is 0.329. The van der Waals surface area contributed by atoms with Crippen molar-refractivity contribution in [1.82, 2.24) is 10.3 Å². The first-order valence-electron chi connectivity index (χ1n) is 7.29. The lowest BCUT2D eigenvalue weighted by Crippen LogP contribution is -2.17. The third kappa shape index (κ3) is 3.42. The number of ether oxygens (including phenoxy) is 1. The van der Waals surface area contributed by atoms with Gasteiger partial charge in [0, 0.05) is 12.5 Å². The van der Waals surface area contributed by atoms with Crippen molar-refractivity contribution in [3.8, 4) is 17.1 Å². The maximum absolute atomic E-state index is 14.0. The molecule has 1 aliphatic rings. The Morgan fingerprint density at radius 1 is 1.43 bits per heavy atom. The van der Waals surface area contributed by atoms with E-state index in [1.807, 2.05) is 0 Å². The molecule has 1 saturated carbocycles. The second-order valence-electron chi connectivity index (χ2n) is 5.27. The van der Waals surface area contributed by atoms with E-state index in [-0.39, 0.29) is 5.82 Å². The summed E-state index contributed by atoms with van der Waals surface area (Å²) >= 11 is 0. The van der Waals surface area contributed by atoms with Crippen molar-refractivity contribution in [1.29, 1.82) is 0 Å². The van der Waals surface area contributed by atoms with Gasteiger partial charge in [0.15, 0.2) is 11.7 Å². The van der Waals surface area contributed by atoms with Crippen LogP contribution in [-0.4, -0.2) is 24.7 Å². The van der Waals surface area contributed by atoms with Gasteiger partial charge in [-0.1, -0.05) is 6.07 Å². The normalized spacial score (nSPS) is 14.4. The number of nitrogens with zero attached hydrogens (tertiary/aromatic N) is 1. The van der Waals surface area contributed by atoms with Crippen molar-refractivity contribution in [3.05, 3.63) is 36.1 Å². The number of methoxy groups -OCH3 is 1. The molecule has 2 aromatic rings. The molecule has 0 aliphatic heterocycles. The maximum atomic E-state index is 14.0. The molecule has 1 fully saturated rings. The van der Waals surface area contributed by atoms with Crippen molar-refractivity contribution in [2.24, 2.45) is 0 Å². The smallest absolute Gasteiger partial charge is 0.194 e. The van der Waals surface area contributed by atoms with Crippen LogP contribution in [0.25, 0.3) is 11.3 Å². The SMILES string of the molecule is COc1cccc(F)c1-c1cnc(CCCNC2CC2)o1. The van der Waals surface area contributed by atoms with E-state index in [0.29, 0.717) is 29.0 Å². The quantitative estimate of drug-likeness (QED) is 0.796. The number of aryl methyl sites for hydroxylation is 1. The number of oxazole rings is 1. The number of halogens is 1. The molecule has 0 spiro atoms. The minimum atomic E-state index is -0.368. The average molecular weight is 290 g/mol. The molecule has 5 heteroatoms. The molecule has 1 aliphatic carbocycles. The van der Waals surface area contributed by atoms with Crippen molar-refractivity contribution >= 4 is 0 Å². The average Bonchev–Trinajstić information content (AvgIpc) is 3.21. The van der Waals surface area contributed by atoms with E-state index in [1.165, 1.54) is 26.0 Å². The predicted molar refractivity (Wildman–Crippen MR) is 77.8 cm³/mol. The minimum Gasteiger partial charge on any atom is -0.496 e. The molecule has 0 bridgehead atoms. The highest BCUT2D eigenvalue weighted by Gasteiger charge is 2.20. The highest BCUT2D eigenvalue weighted by Crippen LogP contribution is 2.32. The van der Waals surface area contributed by atoms with E-state index in [4.69, 9.17) is 9.15 Å². The molecular formula is C16H19FN2O2. The highest BCUT2D eigenvalue weighted by atomic mass is 19.1. The summed E-state index contributed by atoms with van der Waals surface area (Å²) in [4.78, 5) is 4.22. The summed E-state index contributed by atoms with van der Waals surface area (Å²) in [5, 5.41) is 3.44. The van der Waals surface area contributed by atoms with Gasteiger partial charge in [0.1, 0.15) is 11.6 Å². The van der Waals surface area contributed by atoms with Gasteiger partial charge in [0.25, 0.3) is 0 Å². The van der Waals surface area contributed by atoms with Gasteiger partial charge in [-0.15, -0.1) is 0 Å². The second kappa shape index (κ2) is 6.26. The van der Waals surface area contributed by atoms with Crippen LogP contribution >= 0.6 is 0 Å². The Morgan fingerprint density at radius 2 is 2.29 bits per heavy atom. The van der Waals surface area contributed by atoms with Crippen LogP contribution < -0.4 is 10.1 Å². The molecule has 0 saturated heterocycles. The fourth-order valence-electron chi connectivity index (χ4n) is 2.29. The van der Waals surface area contributed by atoms with Crippen LogP contribution in [0.3, 0.4) is 0 Å². The Bertz CT molecular complexity index is 608. The van der Waals surface area contributed by atoms with Crippen molar-refractivity contribution < 1.29 is 13.5 Å². The van der Waals surface area contributed by atoms with E-state index in [2.05, 4.69) is 10.3 Å². The van der Waals surface area contributed by atoms with E-state index in [9.17, 15) is 4.39 Å². The Kier molecular flexibility index (Phi) is 4.20. The van der Waals surface area contributed by atoms with Gasteiger partial charge in [-0.25, -0.2) is 9.37 Å². The molecule has 0 amide bonds. The summed E-state index contributed by atoms with van der Waals surface area (Å²) in [5.74, 6) is 1.13. The van der Waals surface area contributed by atoms with Crippen molar-refractivity contribution in [2.45, 2.75) is 31.7 Å². The minimum absolute atomic E-state index is 0.329. The van der Waals surface area contributed by atoms with Gasteiger partial charge in [-0.2, -0.15) is 0 Å².